The molecule has 2 N–H and O–H groups in total. The van der Waals surface area contributed by atoms with E-state index in [1.807, 2.05) is 18.2 Å². The number of ether oxygens (including phenoxy) is 2. The topological polar surface area (TPSA) is 76.7 Å². The van der Waals surface area contributed by atoms with E-state index in [0.717, 1.165) is 31.4 Å². The highest BCUT2D eigenvalue weighted by molar-refractivity contribution is 5.93. The molecule has 0 saturated heterocycles. The van der Waals surface area contributed by atoms with Gasteiger partial charge in [0.05, 0.1) is 13.7 Å². The summed E-state index contributed by atoms with van der Waals surface area (Å²) in [5, 5.41) is 5.81. The van der Waals surface area contributed by atoms with Gasteiger partial charge in [-0.2, -0.15) is 0 Å². The van der Waals surface area contributed by atoms with E-state index in [-0.39, 0.29) is 23.7 Å². The summed E-state index contributed by atoms with van der Waals surface area (Å²) in [7, 11) is 3.21. The van der Waals surface area contributed by atoms with Crippen LogP contribution in [0.25, 0.3) is 0 Å². The first kappa shape index (κ1) is 18.3. The maximum atomic E-state index is 12.4. The van der Waals surface area contributed by atoms with Crippen LogP contribution in [0.5, 0.6) is 5.75 Å². The molecule has 1 aromatic rings. The number of anilines is 1. The Balaban J connectivity index is 1.78. The van der Waals surface area contributed by atoms with E-state index in [1.54, 1.807) is 20.3 Å². The number of nitrogens with one attached hydrogen (secondary N) is 2. The van der Waals surface area contributed by atoms with Crippen molar-refractivity contribution >= 4 is 17.5 Å². The van der Waals surface area contributed by atoms with Crippen molar-refractivity contribution in [1.29, 1.82) is 0 Å². The van der Waals surface area contributed by atoms with E-state index >= 15 is 0 Å². The number of benzene rings is 1. The summed E-state index contributed by atoms with van der Waals surface area (Å²) in [5.41, 5.74) is 0.735. The predicted octanol–water partition coefficient (Wildman–Crippen LogP) is 2.20. The highest BCUT2D eigenvalue weighted by Crippen LogP contribution is 2.30. The van der Waals surface area contributed by atoms with Crippen LogP contribution < -0.4 is 15.4 Å². The SMILES string of the molecule is COCCNC(=O)C1CCC(C(=O)Nc2cccc(OC)c2)CC1. The molecule has 24 heavy (non-hydrogen) atoms. The van der Waals surface area contributed by atoms with E-state index in [1.165, 1.54) is 0 Å². The lowest BCUT2D eigenvalue weighted by Gasteiger charge is -2.27. The molecule has 0 aromatic heterocycles. The van der Waals surface area contributed by atoms with Gasteiger partial charge in [0.2, 0.25) is 11.8 Å². The van der Waals surface area contributed by atoms with Gasteiger partial charge >= 0.3 is 0 Å². The Morgan fingerprint density at radius 3 is 2.38 bits per heavy atom. The van der Waals surface area contributed by atoms with E-state index in [9.17, 15) is 9.59 Å². The van der Waals surface area contributed by atoms with Crippen molar-refractivity contribution in [2.24, 2.45) is 11.8 Å². The first-order valence-corrected chi connectivity index (χ1v) is 8.35. The summed E-state index contributed by atoms with van der Waals surface area (Å²) in [4.78, 5) is 24.4. The molecule has 1 aromatic carbocycles. The molecule has 1 fully saturated rings. The zero-order chi connectivity index (χ0) is 17.4. The molecular formula is C18H26N2O4. The van der Waals surface area contributed by atoms with Gasteiger partial charge in [0, 0.05) is 37.2 Å². The number of rotatable bonds is 7. The monoisotopic (exact) mass is 334 g/mol. The summed E-state index contributed by atoms with van der Waals surface area (Å²) in [6, 6.07) is 7.32. The van der Waals surface area contributed by atoms with Gasteiger partial charge in [0.25, 0.3) is 0 Å². The van der Waals surface area contributed by atoms with Crippen molar-refractivity contribution in [3.63, 3.8) is 0 Å². The van der Waals surface area contributed by atoms with Gasteiger partial charge in [0.1, 0.15) is 5.75 Å². The Kier molecular flexibility index (Phi) is 7.06. The number of carbonyl (C=O) groups is 2. The molecule has 0 spiro atoms. The standard InChI is InChI=1S/C18H26N2O4/c1-23-11-10-19-17(21)13-6-8-14(9-7-13)18(22)20-15-4-3-5-16(12-15)24-2/h3-5,12-14H,6-11H2,1-2H3,(H,19,21)(H,20,22). The minimum atomic E-state index is -0.0424. The molecule has 1 aliphatic rings. The van der Waals surface area contributed by atoms with Crippen molar-refractivity contribution in [3.05, 3.63) is 24.3 Å². The van der Waals surface area contributed by atoms with Crippen LogP contribution >= 0.6 is 0 Å². The largest absolute Gasteiger partial charge is 0.497 e. The van der Waals surface area contributed by atoms with Gasteiger partial charge in [-0.05, 0) is 37.8 Å². The van der Waals surface area contributed by atoms with Crippen LogP contribution in [0.15, 0.2) is 24.3 Å². The quantitative estimate of drug-likeness (QED) is 0.750. The molecule has 132 valence electrons. The van der Waals surface area contributed by atoms with Crippen molar-refractivity contribution in [1.82, 2.24) is 5.32 Å². The molecule has 0 radical (unpaired) electrons. The lowest BCUT2D eigenvalue weighted by Crippen LogP contribution is -2.36. The molecule has 0 bridgehead atoms. The van der Waals surface area contributed by atoms with Crippen LogP contribution in [-0.4, -0.2) is 39.2 Å². The average molecular weight is 334 g/mol. The minimum absolute atomic E-state index is 0.00252. The van der Waals surface area contributed by atoms with E-state index in [0.29, 0.717) is 18.9 Å². The summed E-state index contributed by atoms with van der Waals surface area (Å²) in [6.07, 6.45) is 2.96. The first-order valence-electron chi connectivity index (χ1n) is 8.35. The van der Waals surface area contributed by atoms with Gasteiger partial charge in [-0.3, -0.25) is 9.59 Å². The molecule has 2 amide bonds. The zero-order valence-corrected chi connectivity index (χ0v) is 14.3. The Bertz CT molecular complexity index is 554. The number of hydrogen-bond acceptors (Lipinski definition) is 4. The van der Waals surface area contributed by atoms with Gasteiger partial charge in [-0.15, -0.1) is 0 Å². The number of methoxy groups -OCH3 is 2. The van der Waals surface area contributed by atoms with Gasteiger partial charge in [0.15, 0.2) is 0 Å². The van der Waals surface area contributed by atoms with Crippen LogP contribution in [0.2, 0.25) is 0 Å². The molecule has 0 unspecified atom stereocenters. The van der Waals surface area contributed by atoms with Crippen molar-refractivity contribution in [2.75, 3.05) is 32.7 Å². The highest BCUT2D eigenvalue weighted by Gasteiger charge is 2.29. The van der Waals surface area contributed by atoms with Crippen molar-refractivity contribution < 1.29 is 19.1 Å². The van der Waals surface area contributed by atoms with Crippen LogP contribution in [-0.2, 0) is 14.3 Å². The Morgan fingerprint density at radius 1 is 1.08 bits per heavy atom. The van der Waals surface area contributed by atoms with Crippen LogP contribution in [0.3, 0.4) is 0 Å². The smallest absolute Gasteiger partial charge is 0.227 e. The normalized spacial score (nSPS) is 20.2. The van der Waals surface area contributed by atoms with E-state index in [4.69, 9.17) is 9.47 Å². The lowest BCUT2D eigenvalue weighted by atomic mass is 9.81. The molecule has 2 rings (SSSR count). The third-order valence-corrected chi connectivity index (χ3v) is 4.41. The number of carbonyl (C=O) groups excluding carboxylic acids is 2. The second-order valence-electron chi connectivity index (χ2n) is 6.05. The fourth-order valence-electron chi connectivity index (χ4n) is 2.98. The Hall–Kier alpha value is -2.08. The first-order chi connectivity index (χ1) is 11.6. The zero-order valence-electron chi connectivity index (χ0n) is 14.3. The third-order valence-electron chi connectivity index (χ3n) is 4.41. The molecule has 1 aliphatic carbocycles. The van der Waals surface area contributed by atoms with Gasteiger partial charge < -0.3 is 20.1 Å². The van der Waals surface area contributed by atoms with Crippen LogP contribution in [0, 0.1) is 11.8 Å². The van der Waals surface area contributed by atoms with Crippen molar-refractivity contribution in [2.45, 2.75) is 25.7 Å². The number of amides is 2. The minimum Gasteiger partial charge on any atom is -0.497 e. The van der Waals surface area contributed by atoms with E-state index in [2.05, 4.69) is 10.6 Å². The van der Waals surface area contributed by atoms with Gasteiger partial charge in [-0.1, -0.05) is 6.07 Å². The molecular weight excluding hydrogens is 308 g/mol. The number of hydrogen-bond donors (Lipinski definition) is 2. The maximum absolute atomic E-state index is 12.4. The predicted molar refractivity (Wildman–Crippen MR) is 92.0 cm³/mol. The molecule has 0 aliphatic heterocycles. The molecule has 6 heteroatoms. The molecule has 1 saturated carbocycles. The van der Waals surface area contributed by atoms with E-state index < -0.39 is 0 Å². The summed E-state index contributed by atoms with van der Waals surface area (Å²) in [5.74, 6) is 0.756. The molecule has 6 nitrogen and oxygen atoms in total. The average Bonchev–Trinajstić information content (AvgIpc) is 2.62. The van der Waals surface area contributed by atoms with Crippen LogP contribution in [0.1, 0.15) is 25.7 Å². The fourth-order valence-corrected chi connectivity index (χ4v) is 2.98. The lowest BCUT2D eigenvalue weighted by molar-refractivity contribution is -0.128. The van der Waals surface area contributed by atoms with Gasteiger partial charge in [-0.25, -0.2) is 0 Å². The second kappa shape index (κ2) is 9.27. The molecule has 0 heterocycles. The summed E-state index contributed by atoms with van der Waals surface area (Å²) >= 11 is 0. The Morgan fingerprint density at radius 2 is 1.75 bits per heavy atom. The van der Waals surface area contributed by atoms with Crippen molar-refractivity contribution in [3.8, 4) is 5.75 Å². The third kappa shape index (κ3) is 5.23. The van der Waals surface area contributed by atoms with Crippen LogP contribution in [0.4, 0.5) is 5.69 Å². The second-order valence-corrected chi connectivity index (χ2v) is 6.05. The highest BCUT2D eigenvalue weighted by atomic mass is 16.5. The summed E-state index contributed by atoms with van der Waals surface area (Å²) in [6.45, 7) is 1.05. The maximum Gasteiger partial charge on any atom is 0.227 e. The fraction of sp³-hybridized carbons (Fsp3) is 0.556. The summed E-state index contributed by atoms with van der Waals surface area (Å²) < 4.78 is 10.1. The Labute approximate surface area is 142 Å². The molecule has 0 atom stereocenters.